The van der Waals surface area contributed by atoms with Crippen LogP contribution in [0.4, 0.5) is 0 Å². The van der Waals surface area contributed by atoms with Crippen LogP contribution in [0.15, 0.2) is 48.8 Å². The monoisotopic (exact) mass is 264 g/mol. The number of aromatic nitrogens is 2. The zero-order chi connectivity index (χ0) is 14.1. The predicted molar refractivity (Wildman–Crippen MR) is 84.1 cm³/mol. The van der Waals surface area contributed by atoms with Crippen molar-refractivity contribution < 1.29 is 0 Å². The molecule has 2 heteroatoms. The lowest BCUT2D eigenvalue weighted by Crippen LogP contribution is -1.90. The third kappa shape index (κ3) is 2.34. The first kappa shape index (κ1) is 12.9. The minimum atomic E-state index is 0.618. The standard InChI is InChI=1S/C18H20N2/c1-4-14(3)15-6-8-16(9-7-15)17-12-20-11-13(2)5-10-18(20)19-17/h5-12,14H,4H2,1-3H3. The van der Waals surface area contributed by atoms with Gasteiger partial charge in [-0.25, -0.2) is 4.98 Å². The largest absolute Gasteiger partial charge is 0.306 e. The number of hydrogen-bond acceptors (Lipinski definition) is 1. The summed E-state index contributed by atoms with van der Waals surface area (Å²) in [5.74, 6) is 0.618. The van der Waals surface area contributed by atoms with Crippen LogP contribution in [-0.2, 0) is 0 Å². The zero-order valence-corrected chi connectivity index (χ0v) is 12.3. The Labute approximate surface area is 120 Å². The van der Waals surface area contributed by atoms with E-state index in [1.165, 1.54) is 23.1 Å². The molecule has 2 aromatic heterocycles. The molecule has 0 saturated carbocycles. The summed E-state index contributed by atoms with van der Waals surface area (Å²) in [5, 5.41) is 0. The number of fused-ring (bicyclic) bond motifs is 1. The molecule has 0 aliphatic rings. The fourth-order valence-corrected chi connectivity index (χ4v) is 2.46. The van der Waals surface area contributed by atoms with Gasteiger partial charge in [0.05, 0.1) is 5.69 Å². The minimum absolute atomic E-state index is 0.618. The normalized spacial score (nSPS) is 12.8. The summed E-state index contributed by atoms with van der Waals surface area (Å²) in [6.45, 7) is 6.59. The van der Waals surface area contributed by atoms with Gasteiger partial charge in [-0.3, -0.25) is 0 Å². The molecule has 2 heterocycles. The summed E-state index contributed by atoms with van der Waals surface area (Å²) in [7, 11) is 0. The smallest absolute Gasteiger partial charge is 0.137 e. The van der Waals surface area contributed by atoms with E-state index in [-0.39, 0.29) is 0 Å². The summed E-state index contributed by atoms with van der Waals surface area (Å²) in [5.41, 5.74) is 5.85. The van der Waals surface area contributed by atoms with Crippen LogP contribution < -0.4 is 0 Å². The molecule has 3 rings (SSSR count). The molecule has 0 N–H and O–H groups in total. The Morgan fingerprint density at radius 3 is 2.50 bits per heavy atom. The van der Waals surface area contributed by atoms with E-state index in [1.807, 2.05) is 0 Å². The highest BCUT2D eigenvalue weighted by molar-refractivity contribution is 5.63. The molecule has 0 amide bonds. The number of pyridine rings is 1. The van der Waals surface area contributed by atoms with Crippen LogP contribution in [0.25, 0.3) is 16.9 Å². The Hall–Kier alpha value is -2.09. The van der Waals surface area contributed by atoms with Crippen molar-refractivity contribution >= 4 is 5.65 Å². The molecule has 3 aromatic rings. The first-order valence-electron chi connectivity index (χ1n) is 7.23. The lowest BCUT2D eigenvalue weighted by atomic mass is 9.97. The van der Waals surface area contributed by atoms with Crippen molar-refractivity contribution in [3.63, 3.8) is 0 Å². The number of imidazole rings is 1. The molecule has 0 saturated heterocycles. The fraction of sp³-hybridized carbons (Fsp3) is 0.278. The van der Waals surface area contributed by atoms with Crippen molar-refractivity contribution in [3.05, 3.63) is 59.9 Å². The van der Waals surface area contributed by atoms with Gasteiger partial charge in [-0.15, -0.1) is 0 Å². The molecule has 1 unspecified atom stereocenters. The number of benzene rings is 1. The van der Waals surface area contributed by atoms with Crippen LogP contribution in [0.2, 0.25) is 0 Å². The Morgan fingerprint density at radius 2 is 1.80 bits per heavy atom. The topological polar surface area (TPSA) is 17.3 Å². The molecule has 0 spiro atoms. The van der Waals surface area contributed by atoms with Crippen molar-refractivity contribution in [2.75, 3.05) is 0 Å². The van der Waals surface area contributed by atoms with E-state index in [4.69, 9.17) is 0 Å². The number of hydrogen-bond donors (Lipinski definition) is 0. The molecule has 0 aliphatic carbocycles. The maximum Gasteiger partial charge on any atom is 0.137 e. The molecule has 0 aliphatic heterocycles. The SMILES string of the molecule is CCC(C)c1ccc(-c2cn3cc(C)ccc3n2)cc1. The molecule has 0 bridgehead atoms. The molecular weight excluding hydrogens is 244 g/mol. The van der Waals surface area contributed by atoms with E-state index in [0.29, 0.717) is 5.92 Å². The molecule has 1 atom stereocenters. The Balaban J connectivity index is 1.98. The maximum absolute atomic E-state index is 4.68. The van der Waals surface area contributed by atoms with Gasteiger partial charge in [0.2, 0.25) is 0 Å². The third-order valence-corrected chi connectivity index (χ3v) is 3.99. The Morgan fingerprint density at radius 1 is 1.05 bits per heavy atom. The molecule has 102 valence electrons. The highest BCUT2D eigenvalue weighted by Gasteiger charge is 2.06. The van der Waals surface area contributed by atoms with Gasteiger partial charge in [0, 0.05) is 18.0 Å². The van der Waals surface area contributed by atoms with Gasteiger partial charge in [-0.05, 0) is 36.5 Å². The van der Waals surface area contributed by atoms with Crippen LogP contribution >= 0.6 is 0 Å². The van der Waals surface area contributed by atoms with E-state index >= 15 is 0 Å². The van der Waals surface area contributed by atoms with Crippen LogP contribution in [0.3, 0.4) is 0 Å². The molecular formula is C18H20N2. The second-order valence-electron chi connectivity index (χ2n) is 5.53. The second kappa shape index (κ2) is 5.12. The van der Waals surface area contributed by atoms with Crippen LogP contribution in [0, 0.1) is 6.92 Å². The van der Waals surface area contributed by atoms with Gasteiger partial charge in [0.15, 0.2) is 0 Å². The van der Waals surface area contributed by atoms with Gasteiger partial charge in [0.1, 0.15) is 5.65 Å². The summed E-state index contributed by atoms with van der Waals surface area (Å²) >= 11 is 0. The lowest BCUT2D eigenvalue weighted by Gasteiger charge is -2.08. The quantitative estimate of drug-likeness (QED) is 0.662. The van der Waals surface area contributed by atoms with Crippen LogP contribution in [0.5, 0.6) is 0 Å². The second-order valence-corrected chi connectivity index (χ2v) is 5.53. The predicted octanol–water partition coefficient (Wildman–Crippen LogP) is 4.82. The average Bonchev–Trinajstić information content (AvgIpc) is 2.89. The Bertz CT molecular complexity index is 723. The Kier molecular flexibility index (Phi) is 3.31. The van der Waals surface area contributed by atoms with Crippen LogP contribution in [0.1, 0.15) is 37.3 Å². The van der Waals surface area contributed by atoms with E-state index < -0.39 is 0 Å². The highest BCUT2D eigenvalue weighted by atomic mass is 15.0. The summed E-state index contributed by atoms with van der Waals surface area (Å²) < 4.78 is 2.09. The first-order valence-corrected chi connectivity index (χ1v) is 7.23. The molecule has 1 aromatic carbocycles. The van der Waals surface area contributed by atoms with Crippen molar-refractivity contribution in [3.8, 4) is 11.3 Å². The van der Waals surface area contributed by atoms with Gasteiger partial charge < -0.3 is 4.40 Å². The zero-order valence-electron chi connectivity index (χ0n) is 12.3. The van der Waals surface area contributed by atoms with E-state index in [1.54, 1.807) is 0 Å². The van der Waals surface area contributed by atoms with Crippen molar-refractivity contribution in [2.24, 2.45) is 0 Å². The summed E-state index contributed by atoms with van der Waals surface area (Å²) in [4.78, 5) is 4.68. The molecule has 0 fully saturated rings. The maximum atomic E-state index is 4.68. The van der Waals surface area contributed by atoms with Gasteiger partial charge in [-0.2, -0.15) is 0 Å². The van der Waals surface area contributed by atoms with E-state index in [9.17, 15) is 0 Å². The van der Waals surface area contributed by atoms with Crippen LogP contribution in [-0.4, -0.2) is 9.38 Å². The van der Waals surface area contributed by atoms with Gasteiger partial charge in [-0.1, -0.05) is 44.2 Å². The number of rotatable bonds is 3. The molecule has 20 heavy (non-hydrogen) atoms. The third-order valence-electron chi connectivity index (χ3n) is 3.99. The summed E-state index contributed by atoms with van der Waals surface area (Å²) in [6.07, 6.45) is 5.38. The minimum Gasteiger partial charge on any atom is -0.306 e. The fourth-order valence-electron chi connectivity index (χ4n) is 2.46. The number of aryl methyl sites for hydroxylation is 1. The average molecular weight is 264 g/mol. The summed E-state index contributed by atoms with van der Waals surface area (Å²) in [6, 6.07) is 13.0. The number of nitrogens with zero attached hydrogens (tertiary/aromatic N) is 2. The van der Waals surface area contributed by atoms with Crippen molar-refractivity contribution in [1.29, 1.82) is 0 Å². The van der Waals surface area contributed by atoms with E-state index in [2.05, 4.69) is 78.9 Å². The first-order chi connectivity index (χ1) is 9.67. The van der Waals surface area contributed by atoms with Crippen molar-refractivity contribution in [2.45, 2.75) is 33.1 Å². The van der Waals surface area contributed by atoms with E-state index in [0.717, 1.165) is 11.3 Å². The van der Waals surface area contributed by atoms with Gasteiger partial charge >= 0.3 is 0 Å². The van der Waals surface area contributed by atoms with Crippen molar-refractivity contribution in [1.82, 2.24) is 9.38 Å². The highest BCUT2D eigenvalue weighted by Crippen LogP contribution is 2.24. The lowest BCUT2D eigenvalue weighted by molar-refractivity contribution is 0.734. The molecule has 0 radical (unpaired) electrons. The molecule has 2 nitrogen and oxygen atoms in total. The van der Waals surface area contributed by atoms with Gasteiger partial charge in [0.25, 0.3) is 0 Å².